The van der Waals surface area contributed by atoms with Gasteiger partial charge in [-0.15, -0.1) is 11.3 Å². The van der Waals surface area contributed by atoms with Crippen LogP contribution in [0.3, 0.4) is 0 Å². The highest BCUT2D eigenvalue weighted by Crippen LogP contribution is 2.26. The molecule has 2 heterocycles. The zero-order chi connectivity index (χ0) is 15.9. The van der Waals surface area contributed by atoms with Crippen LogP contribution in [0, 0.1) is 24.0 Å². The molecule has 0 radical (unpaired) electrons. The van der Waals surface area contributed by atoms with E-state index in [9.17, 15) is 9.59 Å². The summed E-state index contributed by atoms with van der Waals surface area (Å²) in [6.45, 7) is 7.74. The summed E-state index contributed by atoms with van der Waals surface area (Å²) in [7, 11) is 1.59. The van der Waals surface area contributed by atoms with Crippen LogP contribution in [-0.4, -0.2) is 22.5 Å². The van der Waals surface area contributed by atoms with Crippen molar-refractivity contribution in [3.8, 4) is 0 Å². The average Bonchev–Trinajstić information content (AvgIpc) is 2.68. The van der Waals surface area contributed by atoms with Crippen LogP contribution in [0.4, 0.5) is 0 Å². The number of carbonyl (C=O) groups is 1. The third-order valence-corrected chi connectivity index (χ3v) is 5.15. The Morgan fingerprint density at radius 3 is 2.62 bits per heavy atom. The molecule has 114 valence electrons. The van der Waals surface area contributed by atoms with Gasteiger partial charge in [0, 0.05) is 18.5 Å². The molecule has 2 aromatic heterocycles. The van der Waals surface area contributed by atoms with Gasteiger partial charge in [0.1, 0.15) is 4.83 Å². The van der Waals surface area contributed by atoms with Crippen LogP contribution in [0.1, 0.15) is 24.3 Å². The molecule has 21 heavy (non-hydrogen) atoms. The number of rotatable bonds is 3. The average molecular weight is 325 g/mol. The zero-order valence-electron chi connectivity index (χ0n) is 12.8. The van der Waals surface area contributed by atoms with Crippen LogP contribution in [-0.2, 0) is 11.3 Å². The molecule has 7 heteroatoms. The van der Waals surface area contributed by atoms with E-state index in [4.69, 9.17) is 12.2 Å². The maximum Gasteiger partial charge on any atom is 0.263 e. The van der Waals surface area contributed by atoms with E-state index in [1.807, 2.05) is 13.8 Å². The molecular weight excluding hydrogens is 306 g/mol. The van der Waals surface area contributed by atoms with Crippen molar-refractivity contribution in [3.05, 3.63) is 25.6 Å². The standard InChI is InChI=1S/C14H19N3O2S2/c1-7-8(2)21-10-9(7)11(18)17(13(20)16-10)6-14(3,4)12(19)15-5/h6H2,1-5H3,(H,15,19)(H,16,20). The Morgan fingerprint density at radius 1 is 1.43 bits per heavy atom. The van der Waals surface area contributed by atoms with E-state index in [2.05, 4.69) is 10.3 Å². The van der Waals surface area contributed by atoms with Gasteiger partial charge in [0.05, 0.1) is 10.8 Å². The van der Waals surface area contributed by atoms with Crippen molar-refractivity contribution in [2.45, 2.75) is 34.2 Å². The van der Waals surface area contributed by atoms with E-state index >= 15 is 0 Å². The smallest absolute Gasteiger partial charge is 0.263 e. The molecule has 0 spiro atoms. The van der Waals surface area contributed by atoms with E-state index in [0.717, 1.165) is 15.3 Å². The minimum Gasteiger partial charge on any atom is -0.359 e. The number of H-pyrrole nitrogens is 1. The summed E-state index contributed by atoms with van der Waals surface area (Å²) in [6, 6.07) is 0. The highest BCUT2D eigenvalue weighted by Gasteiger charge is 2.28. The third-order valence-electron chi connectivity index (χ3n) is 3.71. The summed E-state index contributed by atoms with van der Waals surface area (Å²) in [5.74, 6) is -0.123. The van der Waals surface area contributed by atoms with Gasteiger partial charge in [-0.2, -0.15) is 0 Å². The van der Waals surface area contributed by atoms with E-state index in [0.29, 0.717) is 10.2 Å². The molecule has 0 aliphatic carbocycles. The van der Waals surface area contributed by atoms with Crippen molar-refractivity contribution in [2.24, 2.45) is 5.41 Å². The first-order valence-corrected chi connectivity index (χ1v) is 7.86. The topological polar surface area (TPSA) is 66.9 Å². The number of fused-ring (bicyclic) bond motifs is 1. The molecule has 0 bridgehead atoms. The maximum atomic E-state index is 12.7. The number of carbonyl (C=O) groups excluding carboxylic acids is 1. The molecule has 0 atom stereocenters. The Balaban J connectivity index is 2.66. The quantitative estimate of drug-likeness (QED) is 0.852. The molecule has 2 aromatic rings. The molecule has 5 nitrogen and oxygen atoms in total. The Bertz CT molecular complexity index is 827. The van der Waals surface area contributed by atoms with Crippen LogP contribution < -0.4 is 10.9 Å². The number of amides is 1. The van der Waals surface area contributed by atoms with Gasteiger partial charge in [-0.3, -0.25) is 14.2 Å². The Hall–Kier alpha value is -1.47. The normalized spacial score (nSPS) is 11.9. The lowest BCUT2D eigenvalue weighted by Gasteiger charge is -2.23. The van der Waals surface area contributed by atoms with Gasteiger partial charge < -0.3 is 10.3 Å². The molecule has 2 rings (SSSR count). The minimum atomic E-state index is -0.716. The summed E-state index contributed by atoms with van der Waals surface area (Å²) >= 11 is 6.82. The van der Waals surface area contributed by atoms with E-state index < -0.39 is 5.41 Å². The number of aromatic nitrogens is 2. The van der Waals surface area contributed by atoms with E-state index in [1.54, 1.807) is 20.9 Å². The zero-order valence-corrected chi connectivity index (χ0v) is 14.4. The summed E-state index contributed by atoms with van der Waals surface area (Å²) in [5, 5.41) is 3.29. The monoisotopic (exact) mass is 325 g/mol. The summed E-state index contributed by atoms with van der Waals surface area (Å²) in [6.07, 6.45) is 0. The van der Waals surface area contributed by atoms with Crippen LogP contribution >= 0.6 is 23.6 Å². The van der Waals surface area contributed by atoms with E-state index in [-0.39, 0.29) is 18.0 Å². The van der Waals surface area contributed by atoms with Crippen molar-refractivity contribution < 1.29 is 4.79 Å². The van der Waals surface area contributed by atoms with Gasteiger partial charge in [-0.05, 0) is 45.5 Å². The fraction of sp³-hybridized carbons (Fsp3) is 0.500. The van der Waals surface area contributed by atoms with Gasteiger partial charge in [0.15, 0.2) is 4.77 Å². The lowest BCUT2D eigenvalue weighted by molar-refractivity contribution is -0.129. The molecule has 0 aliphatic heterocycles. The maximum absolute atomic E-state index is 12.7. The summed E-state index contributed by atoms with van der Waals surface area (Å²) in [4.78, 5) is 29.6. The Morgan fingerprint density at radius 2 is 2.05 bits per heavy atom. The fourth-order valence-electron chi connectivity index (χ4n) is 2.31. The first-order chi connectivity index (χ1) is 9.69. The largest absolute Gasteiger partial charge is 0.359 e. The Kier molecular flexibility index (Phi) is 4.08. The molecule has 0 saturated heterocycles. The van der Waals surface area contributed by atoms with Gasteiger partial charge in [-0.25, -0.2) is 0 Å². The molecule has 0 unspecified atom stereocenters. The predicted octanol–water partition coefficient (Wildman–Crippen LogP) is 2.51. The highest BCUT2D eigenvalue weighted by molar-refractivity contribution is 7.71. The molecule has 1 amide bonds. The number of aromatic amines is 1. The number of thiophene rings is 1. The molecule has 0 aromatic carbocycles. The first-order valence-electron chi connectivity index (χ1n) is 6.64. The minimum absolute atomic E-state index is 0.123. The van der Waals surface area contributed by atoms with Gasteiger partial charge in [-0.1, -0.05) is 0 Å². The summed E-state index contributed by atoms with van der Waals surface area (Å²) < 4.78 is 1.83. The number of aryl methyl sites for hydroxylation is 2. The Labute approximate surface area is 132 Å². The van der Waals surface area contributed by atoms with Crippen molar-refractivity contribution in [1.29, 1.82) is 0 Å². The third kappa shape index (κ3) is 2.67. The second-order valence-corrected chi connectivity index (χ2v) is 7.38. The van der Waals surface area contributed by atoms with Crippen LogP contribution in [0.15, 0.2) is 4.79 Å². The lowest BCUT2D eigenvalue weighted by atomic mass is 9.92. The number of nitrogens with zero attached hydrogens (tertiary/aromatic N) is 1. The lowest BCUT2D eigenvalue weighted by Crippen LogP contribution is -2.40. The summed E-state index contributed by atoms with van der Waals surface area (Å²) in [5.41, 5.74) is 0.123. The SMILES string of the molecule is CNC(=O)C(C)(C)Cn1c(=S)[nH]c2sc(C)c(C)c2c1=O. The van der Waals surface area contributed by atoms with Gasteiger partial charge in [0.25, 0.3) is 5.56 Å². The molecule has 0 aliphatic rings. The van der Waals surface area contributed by atoms with Gasteiger partial charge in [0.2, 0.25) is 5.91 Å². The van der Waals surface area contributed by atoms with Crippen LogP contribution in [0.5, 0.6) is 0 Å². The van der Waals surface area contributed by atoms with Crippen molar-refractivity contribution in [1.82, 2.24) is 14.9 Å². The first kappa shape index (κ1) is 15.9. The highest BCUT2D eigenvalue weighted by atomic mass is 32.1. The second kappa shape index (κ2) is 5.38. The predicted molar refractivity (Wildman–Crippen MR) is 88.6 cm³/mol. The number of nitrogens with one attached hydrogen (secondary N) is 2. The number of hydrogen-bond donors (Lipinski definition) is 2. The van der Waals surface area contributed by atoms with Crippen molar-refractivity contribution in [3.63, 3.8) is 0 Å². The second-order valence-electron chi connectivity index (χ2n) is 5.77. The van der Waals surface area contributed by atoms with Gasteiger partial charge >= 0.3 is 0 Å². The molecule has 0 saturated carbocycles. The number of hydrogen-bond acceptors (Lipinski definition) is 4. The van der Waals surface area contributed by atoms with E-state index in [1.165, 1.54) is 15.9 Å². The van der Waals surface area contributed by atoms with Crippen molar-refractivity contribution >= 4 is 39.7 Å². The fourth-order valence-corrected chi connectivity index (χ4v) is 3.68. The molecular formula is C14H19N3O2S2. The van der Waals surface area contributed by atoms with Crippen molar-refractivity contribution in [2.75, 3.05) is 7.05 Å². The van der Waals surface area contributed by atoms with Crippen LogP contribution in [0.25, 0.3) is 10.2 Å². The molecule has 2 N–H and O–H groups in total. The van der Waals surface area contributed by atoms with Crippen LogP contribution in [0.2, 0.25) is 0 Å². The molecule has 0 fully saturated rings.